The Kier molecular flexibility index (Phi) is 51.6. The van der Waals surface area contributed by atoms with Crippen LogP contribution in [0, 0.1) is 0 Å². The second-order valence-electron chi connectivity index (χ2n) is 18.9. The van der Waals surface area contributed by atoms with Crippen molar-refractivity contribution in [1.82, 2.24) is 5.32 Å². The zero-order chi connectivity index (χ0) is 46.5. The maximum Gasteiger partial charge on any atom is 0.305 e. The van der Waals surface area contributed by atoms with Gasteiger partial charge >= 0.3 is 5.97 Å². The first kappa shape index (κ1) is 61.8. The lowest BCUT2D eigenvalue weighted by Crippen LogP contribution is -2.45. The highest BCUT2D eigenvalue weighted by molar-refractivity contribution is 5.76. The number of allylic oxidation sites excluding steroid dienone is 7. The minimum atomic E-state index is -0.880. The van der Waals surface area contributed by atoms with E-state index >= 15 is 0 Å². The van der Waals surface area contributed by atoms with Crippen molar-refractivity contribution in [3.05, 3.63) is 48.6 Å². The van der Waals surface area contributed by atoms with E-state index in [4.69, 9.17) is 4.74 Å². The van der Waals surface area contributed by atoms with Crippen molar-refractivity contribution in [2.45, 2.75) is 296 Å². The van der Waals surface area contributed by atoms with Gasteiger partial charge in [-0.1, -0.05) is 242 Å². The van der Waals surface area contributed by atoms with Gasteiger partial charge in [0, 0.05) is 12.8 Å². The first-order valence-corrected chi connectivity index (χ1v) is 27.9. The second kappa shape index (κ2) is 53.4. The molecule has 0 spiro atoms. The van der Waals surface area contributed by atoms with Crippen LogP contribution >= 0.6 is 0 Å². The van der Waals surface area contributed by atoms with Crippen LogP contribution < -0.4 is 5.32 Å². The summed E-state index contributed by atoms with van der Waals surface area (Å²) in [4.78, 5) is 24.5. The van der Waals surface area contributed by atoms with E-state index in [1.54, 1.807) is 6.08 Å². The minimum absolute atomic E-state index is 0.0219. The number of rotatable bonds is 51. The molecule has 0 radical (unpaired) electrons. The zero-order valence-electron chi connectivity index (χ0n) is 42.5. The number of hydrogen-bond acceptors (Lipinski definition) is 5. The highest BCUT2D eigenvalue weighted by Gasteiger charge is 2.17. The summed E-state index contributed by atoms with van der Waals surface area (Å²) in [6.45, 7) is 4.84. The summed E-state index contributed by atoms with van der Waals surface area (Å²) in [6, 6.07) is -0.673. The van der Waals surface area contributed by atoms with Crippen molar-refractivity contribution in [1.29, 1.82) is 0 Å². The number of aliphatic hydroxyl groups excluding tert-OH is 2. The molecule has 0 bridgehead atoms. The number of nitrogens with one attached hydrogen (secondary N) is 1. The molecule has 0 aliphatic carbocycles. The quantitative estimate of drug-likeness (QED) is 0.0321. The SMILES string of the molecule is CCCCCCCCC/C=C\CCCCCCCCCC(=O)OCCCCCCCC/C=C\C/C=C\CCC(=O)NC(CO)C(O)/C=C/CCCCCCCCCCCCCCCC. The zero-order valence-corrected chi connectivity index (χ0v) is 42.5. The van der Waals surface area contributed by atoms with E-state index in [0.717, 1.165) is 51.4 Å². The van der Waals surface area contributed by atoms with E-state index in [1.807, 2.05) is 12.2 Å². The molecule has 64 heavy (non-hydrogen) atoms. The first-order chi connectivity index (χ1) is 31.5. The molecule has 0 aromatic rings. The van der Waals surface area contributed by atoms with Crippen LogP contribution in [0.4, 0.5) is 0 Å². The maximum absolute atomic E-state index is 12.4. The standard InChI is InChI=1S/C58H107NO5/c1-3-5-7-9-11-13-15-17-19-21-22-24-28-32-36-40-44-48-52-58(63)64-53-49-45-41-37-33-29-25-27-31-35-39-43-47-51-57(62)59-55(54-60)56(61)50-46-42-38-34-30-26-23-20-18-16-14-12-10-8-6-4-2/h19,21,27,31,39,43,46,50,55-56,60-61H,3-18,20,22-26,28-30,32-38,40-42,44-45,47-49,51-54H2,1-2H3,(H,59,62)/b21-19-,31-27-,43-39-,50-46+. The van der Waals surface area contributed by atoms with Crippen LogP contribution in [0.15, 0.2) is 48.6 Å². The molecule has 6 heteroatoms. The van der Waals surface area contributed by atoms with Crippen LogP contribution in [0.5, 0.6) is 0 Å². The number of hydrogen-bond donors (Lipinski definition) is 3. The molecule has 3 N–H and O–H groups in total. The molecule has 1 amide bonds. The Morgan fingerprint density at radius 1 is 0.438 bits per heavy atom. The second-order valence-corrected chi connectivity index (χ2v) is 18.9. The molecule has 6 nitrogen and oxygen atoms in total. The number of esters is 1. The minimum Gasteiger partial charge on any atom is -0.466 e. The molecule has 2 unspecified atom stereocenters. The normalized spacial score (nSPS) is 13.0. The molecule has 0 rings (SSSR count). The molecule has 0 heterocycles. The van der Waals surface area contributed by atoms with Gasteiger partial charge in [-0.05, 0) is 77.0 Å². The number of aliphatic hydroxyl groups is 2. The van der Waals surface area contributed by atoms with Crippen molar-refractivity contribution in [3.63, 3.8) is 0 Å². The summed E-state index contributed by atoms with van der Waals surface area (Å²) in [5, 5.41) is 23.0. The van der Waals surface area contributed by atoms with Gasteiger partial charge in [0.25, 0.3) is 0 Å². The number of unbranched alkanes of at least 4 members (excludes halogenated alkanes) is 34. The smallest absolute Gasteiger partial charge is 0.305 e. The predicted molar refractivity (Wildman–Crippen MR) is 278 cm³/mol. The topological polar surface area (TPSA) is 95.9 Å². The van der Waals surface area contributed by atoms with Crippen LogP contribution in [0.2, 0.25) is 0 Å². The number of carbonyl (C=O) groups is 2. The molecule has 374 valence electrons. The van der Waals surface area contributed by atoms with Gasteiger partial charge in [-0.25, -0.2) is 0 Å². The molecule has 0 fully saturated rings. The Labute approximate surface area is 397 Å². The van der Waals surface area contributed by atoms with Crippen molar-refractivity contribution in [3.8, 4) is 0 Å². The molecule has 0 aliphatic rings. The lowest BCUT2D eigenvalue weighted by molar-refractivity contribution is -0.143. The molecular formula is C58H107NO5. The average molecular weight is 898 g/mol. The van der Waals surface area contributed by atoms with Crippen molar-refractivity contribution < 1.29 is 24.5 Å². The van der Waals surface area contributed by atoms with Gasteiger partial charge in [-0.15, -0.1) is 0 Å². The van der Waals surface area contributed by atoms with Crippen molar-refractivity contribution in [2.75, 3.05) is 13.2 Å². The van der Waals surface area contributed by atoms with Gasteiger partial charge in [-0.3, -0.25) is 9.59 Å². The summed E-state index contributed by atoms with van der Waals surface area (Å²) in [5.74, 6) is -0.171. The van der Waals surface area contributed by atoms with Gasteiger partial charge < -0.3 is 20.3 Å². The highest BCUT2D eigenvalue weighted by atomic mass is 16.5. The van der Waals surface area contributed by atoms with Crippen molar-refractivity contribution in [2.24, 2.45) is 0 Å². The molecule has 0 aromatic heterocycles. The maximum atomic E-state index is 12.4. The molecule has 0 aliphatic heterocycles. The predicted octanol–water partition coefficient (Wildman–Crippen LogP) is 17.0. The molecule has 0 aromatic carbocycles. The van der Waals surface area contributed by atoms with Crippen LogP contribution in [0.3, 0.4) is 0 Å². The fraction of sp³-hybridized carbons (Fsp3) is 0.828. The van der Waals surface area contributed by atoms with Gasteiger partial charge in [0.15, 0.2) is 0 Å². The van der Waals surface area contributed by atoms with Gasteiger partial charge in [0.2, 0.25) is 5.91 Å². The lowest BCUT2D eigenvalue weighted by Gasteiger charge is -2.19. The summed E-state index contributed by atoms with van der Waals surface area (Å²) < 4.78 is 5.46. The molecular weight excluding hydrogens is 791 g/mol. The first-order valence-electron chi connectivity index (χ1n) is 27.9. The number of amides is 1. The van der Waals surface area contributed by atoms with Crippen LogP contribution in [-0.4, -0.2) is 47.4 Å². The number of ether oxygens (including phenoxy) is 1. The van der Waals surface area contributed by atoms with E-state index in [-0.39, 0.29) is 18.5 Å². The third-order valence-corrected chi connectivity index (χ3v) is 12.6. The van der Waals surface area contributed by atoms with E-state index in [1.165, 1.54) is 199 Å². The van der Waals surface area contributed by atoms with Gasteiger partial charge in [0.1, 0.15) is 0 Å². The third-order valence-electron chi connectivity index (χ3n) is 12.6. The summed E-state index contributed by atoms with van der Waals surface area (Å²) >= 11 is 0. The fourth-order valence-corrected chi connectivity index (χ4v) is 8.27. The number of carbonyl (C=O) groups excluding carboxylic acids is 2. The molecule has 0 saturated heterocycles. The Morgan fingerprint density at radius 3 is 1.23 bits per heavy atom. The third kappa shape index (κ3) is 49.3. The highest BCUT2D eigenvalue weighted by Crippen LogP contribution is 2.15. The summed E-state index contributed by atoms with van der Waals surface area (Å²) in [7, 11) is 0. The molecule has 2 atom stereocenters. The lowest BCUT2D eigenvalue weighted by atomic mass is 10.0. The Balaban J connectivity index is 3.57. The van der Waals surface area contributed by atoms with E-state index < -0.39 is 12.1 Å². The van der Waals surface area contributed by atoms with E-state index in [0.29, 0.717) is 25.9 Å². The Bertz CT molecular complexity index is 1080. The van der Waals surface area contributed by atoms with Gasteiger partial charge in [0.05, 0.1) is 25.4 Å². The summed E-state index contributed by atoms with van der Waals surface area (Å²) in [6.07, 6.45) is 67.1. The average Bonchev–Trinajstić information content (AvgIpc) is 3.29. The largest absolute Gasteiger partial charge is 0.466 e. The monoisotopic (exact) mass is 898 g/mol. The van der Waals surface area contributed by atoms with Crippen LogP contribution in [0.1, 0.15) is 284 Å². The van der Waals surface area contributed by atoms with Crippen molar-refractivity contribution >= 4 is 11.9 Å². The van der Waals surface area contributed by atoms with E-state index in [2.05, 4.69) is 49.5 Å². The Morgan fingerprint density at radius 2 is 0.797 bits per heavy atom. The van der Waals surface area contributed by atoms with E-state index in [9.17, 15) is 19.8 Å². The van der Waals surface area contributed by atoms with Crippen LogP contribution in [0.25, 0.3) is 0 Å². The Hall–Kier alpha value is -2.18. The molecule has 0 saturated carbocycles. The van der Waals surface area contributed by atoms with Gasteiger partial charge in [-0.2, -0.15) is 0 Å². The summed E-state index contributed by atoms with van der Waals surface area (Å²) in [5.41, 5.74) is 0. The fourth-order valence-electron chi connectivity index (χ4n) is 8.27. The van der Waals surface area contributed by atoms with Crippen LogP contribution in [-0.2, 0) is 14.3 Å².